The molecule has 1 aromatic carbocycles. The predicted molar refractivity (Wildman–Crippen MR) is 143 cm³/mol. The number of aliphatic hydroxyl groups is 3. The molecule has 5 rings (SSSR count). The van der Waals surface area contributed by atoms with Gasteiger partial charge in [-0.1, -0.05) is 13.0 Å². The third-order valence-corrected chi connectivity index (χ3v) is 9.25. The fraction of sp³-hybridized carbons (Fsp3) is 0.552. The number of ketones is 2. The Kier molecular flexibility index (Phi) is 7.03. The van der Waals surface area contributed by atoms with Gasteiger partial charge >= 0.3 is 0 Å². The van der Waals surface area contributed by atoms with Crippen LogP contribution < -0.4 is 5.73 Å². The van der Waals surface area contributed by atoms with Gasteiger partial charge in [0.05, 0.1) is 11.6 Å². The van der Waals surface area contributed by atoms with Crippen molar-refractivity contribution in [2.24, 2.45) is 17.6 Å². The number of amides is 1. The number of aryl methyl sites for hydroxylation is 1. The number of carbonyl (C=O) groups excluding carboxylic acids is 3. The van der Waals surface area contributed by atoms with Gasteiger partial charge in [0.1, 0.15) is 22.8 Å². The van der Waals surface area contributed by atoms with Crippen molar-refractivity contribution < 1.29 is 43.6 Å². The quantitative estimate of drug-likeness (QED) is 0.329. The second-order valence-corrected chi connectivity index (χ2v) is 11.8. The van der Waals surface area contributed by atoms with Crippen LogP contribution in [0, 0.1) is 11.8 Å². The molecule has 4 aliphatic rings. The first-order valence-corrected chi connectivity index (χ1v) is 13.8. The lowest BCUT2D eigenvalue weighted by molar-refractivity contribution is -0.153. The maximum Gasteiger partial charge on any atom is 0.255 e. The van der Waals surface area contributed by atoms with Crippen molar-refractivity contribution >= 4 is 23.2 Å². The summed E-state index contributed by atoms with van der Waals surface area (Å²) in [6, 6.07) is 0.645. The highest BCUT2D eigenvalue weighted by molar-refractivity contribution is 6.24. The topological polar surface area (TPSA) is 165 Å². The number of primary amides is 1. The molecule has 0 aromatic heterocycles. The summed E-state index contributed by atoms with van der Waals surface area (Å²) in [5.74, 6) is -9.68. The van der Waals surface area contributed by atoms with Crippen LogP contribution in [0.4, 0.5) is 8.78 Å². The Balaban J connectivity index is 1.63. The number of hydrogen-bond acceptors (Lipinski definition) is 9. The third kappa shape index (κ3) is 4.34. The van der Waals surface area contributed by atoms with Crippen LogP contribution in [0.25, 0.3) is 5.76 Å². The molecule has 222 valence electrons. The molecule has 1 aromatic rings. The molecular formula is C29H35F2N3O7. The molecule has 0 unspecified atom stereocenters. The van der Waals surface area contributed by atoms with Crippen LogP contribution in [0.5, 0.6) is 5.75 Å². The van der Waals surface area contributed by atoms with E-state index in [0.717, 1.165) is 5.56 Å². The van der Waals surface area contributed by atoms with Crippen molar-refractivity contribution in [1.29, 1.82) is 0 Å². The number of likely N-dealkylation sites (tertiary alicyclic amines) is 1. The number of carbonyl (C=O) groups is 3. The van der Waals surface area contributed by atoms with E-state index in [9.17, 15) is 43.6 Å². The van der Waals surface area contributed by atoms with Gasteiger partial charge in [-0.25, -0.2) is 8.78 Å². The Morgan fingerprint density at radius 2 is 1.78 bits per heavy atom. The molecule has 1 saturated heterocycles. The molecule has 1 saturated carbocycles. The number of halogens is 2. The van der Waals surface area contributed by atoms with Crippen LogP contribution in [0.3, 0.4) is 0 Å². The minimum absolute atomic E-state index is 0.0133. The van der Waals surface area contributed by atoms with E-state index in [1.165, 1.54) is 4.90 Å². The highest BCUT2D eigenvalue weighted by Crippen LogP contribution is 2.53. The number of Topliss-reactive ketones (excluding diaryl/α,β-unsaturated/α-hetero) is 2. The van der Waals surface area contributed by atoms with Gasteiger partial charge in [-0.2, -0.15) is 0 Å². The molecular weight excluding hydrogens is 540 g/mol. The summed E-state index contributed by atoms with van der Waals surface area (Å²) in [7, 11) is 3.09. The number of phenols is 1. The fourth-order valence-electron chi connectivity index (χ4n) is 7.17. The van der Waals surface area contributed by atoms with Crippen LogP contribution in [0.15, 0.2) is 23.0 Å². The van der Waals surface area contributed by atoms with Gasteiger partial charge in [0.2, 0.25) is 5.78 Å². The Hall–Kier alpha value is -3.35. The summed E-state index contributed by atoms with van der Waals surface area (Å²) in [5.41, 5.74) is 3.43. The van der Waals surface area contributed by atoms with E-state index in [1.807, 2.05) is 6.92 Å². The van der Waals surface area contributed by atoms with E-state index in [4.69, 9.17) is 5.73 Å². The van der Waals surface area contributed by atoms with Crippen molar-refractivity contribution in [3.63, 3.8) is 0 Å². The van der Waals surface area contributed by atoms with Crippen molar-refractivity contribution in [1.82, 2.24) is 9.80 Å². The molecule has 0 spiro atoms. The smallest absolute Gasteiger partial charge is 0.255 e. The fourth-order valence-corrected chi connectivity index (χ4v) is 7.17. The molecule has 4 atom stereocenters. The van der Waals surface area contributed by atoms with Crippen molar-refractivity contribution in [2.45, 2.75) is 63.1 Å². The standard InChI is InChI=1S/C29H35F2N3O7/c1-4-13-9-15(12-34-7-5-28(30,31)6-8-34)22(35)19-16(13)10-14-11-17-21(33(2)3)24(37)20(27(32)40)26(39)29(17,41)25(38)18(14)23(19)36/h9,14,17,21,35-36,39,41H,4-8,10-12H2,1-3H3,(H2,32,40)/t14-,17-,21-,29-/m0/s1. The zero-order chi connectivity index (χ0) is 30.2. The summed E-state index contributed by atoms with van der Waals surface area (Å²) in [4.78, 5) is 42.6. The predicted octanol–water partition coefficient (Wildman–Crippen LogP) is 1.76. The summed E-state index contributed by atoms with van der Waals surface area (Å²) < 4.78 is 27.4. The van der Waals surface area contributed by atoms with Gasteiger partial charge in [0, 0.05) is 49.5 Å². The molecule has 1 amide bonds. The molecule has 3 aliphatic carbocycles. The van der Waals surface area contributed by atoms with Crippen molar-refractivity contribution in [3.05, 3.63) is 45.2 Å². The van der Waals surface area contributed by atoms with E-state index < -0.39 is 64.0 Å². The van der Waals surface area contributed by atoms with Gasteiger partial charge in [-0.05, 0) is 50.4 Å². The van der Waals surface area contributed by atoms with Crippen molar-refractivity contribution in [2.75, 3.05) is 27.2 Å². The van der Waals surface area contributed by atoms with E-state index >= 15 is 0 Å². The lowest BCUT2D eigenvalue weighted by atomic mass is 9.57. The maximum absolute atomic E-state index is 14.0. The molecule has 1 heterocycles. The highest BCUT2D eigenvalue weighted by atomic mass is 19.3. The number of aliphatic hydroxyl groups excluding tert-OH is 2. The number of alkyl halides is 2. The van der Waals surface area contributed by atoms with E-state index in [0.29, 0.717) is 17.5 Å². The summed E-state index contributed by atoms with van der Waals surface area (Å²) >= 11 is 0. The number of hydrogen-bond donors (Lipinski definition) is 5. The Labute approximate surface area is 235 Å². The molecule has 0 radical (unpaired) electrons. The molecule has 41 heavy (non-hydrogen) atoms. The number of benzene rings is 1. The Morgan fingerprint density at radius 1 is 1.15 bits per heavy atom. The van der Waals surface area contributed by atoms with Crippen molar-refractivity contribution in [3.8, 4) is 5.75 Å². The third-order valence-electron chi connectivity index (χ3n) is 9.25. The number of nitrogens with two attached hydrogens (primary N) is 1. The minimum atomic E-state index is -2.73. The highest BCUT2D eigenvalue weighted by Gasteiger charge is 2.64. The van der Waals surface area contributed by atoms with Gasteiger partial charge < -0.3 is 26.2 Å². The molecule has 2 fully saturated rings. The molecule has 1 aliphatic heterocycles. The number of nitrogens with zero attached hydrogens (tertiary/aromatic N) is 2. The second kappa shape index (κ2) is 9.88. The first-order chi connectivity index (χ1) is 19.1. The average molecular weight is 576 g/mol. The molecule has 6 N–H and O–H groups in total. The summed E-state index contributed by atoms with van der Waals surface area (Å²) in [6.45, 7) is 2.32. The van der Waals surface area contributed by atoms with Gasteiger partial charge in [-0.15, -0.1) is 0 Å². The number of phenolic OH excluding ortho intramolecular Hbond substituents is 1. The van der Waals surface area contributed by atoms with Gasteiger partial charge in [-0.3, -0.25) is 24.2 Å². The van der Waals surface area contributed by atoms with Crippen LogP contribution in [0.1, 0.15) is 48.4 Å². The Bertz CT molecular complexity index is 1410. The lowest BCUT2D eigenvalue weighted by Crippen LogP contribution is -2.65. The van der Waals surface area contributed by atoms with Crippen LogP contribution in [-0.4, -0.2) is 92.4 Å². The number of aromatic hydroxyl groups is 1. The van der Waals surface area contributed by atoms with E-state index in [2.05, 4.69) is 0 Å². The molecule has 0 bridgehead atoms. The zero-order valence-corrected chi connectivity index (χ0v) is 23.2. The monoisotopic (exact) mass is 575 g/mol. The lowest BCUT2D eigenvalue weighted by Gasteiger charge is -2.50. The summed E-state index contributed by atoms with van der Waals surface area (Å²) in [6.07, 6.45) is 0.145. The number of fused-ring (bicyclic) bond motifs is 3. The normalized spacial score (nSPS) is 29.9. The Morgan fingerprint density at radius 3 is 2.34 bits per heavy atom. The number of likely N-dealkylation sites (N-methyl/N-ethyl adjacent to an activating group) is 1. The zero-order valence-electron chi connectivity index (χ0n) is 23.2. The second-order valence-electron chi connectivity index (χ2n) is 11.8. The minimum Gasteiger partial charge on any atom is -0.508 e. The summed E-state index contributed by atoms with van der Waals surface area (Å²) in [5, 5.41) is 45.6. The van der Waals surface area contributed by atoms with Gasteiger partial charge in [0.15, 0.2) is 11.4 Å². The van der Waals surface area contributed by atoms with Crippen LogP contribution >= 0.6 is 0 Å². The van der Waals surface area contributed by atoms with Gasteiger partial charge in [0.25, 0.3) is 11.8 Å². The molecule has 10 nitrogen and oxygen atoms in total. The first-order valence-electron chi connectivity index (χ1n) is 13.8. The molecule has 12 heteroatoms. The van der Waals surface area contributed by atoms with E-state index in [-0.39, 0.29) is 62.2 Å². The average Bonchev–Trinajstić information content (AvgIpc) is 2.88. The van der Waals surface area contributed by atoms with Crippen LogP contribution in [-0.2, 0) is 33.8 Å². The number of piperidine rings is 1. The first kappa shape index (κ1) is 29.2. The van der Waals surface area contributed by atoms with E-state index in [1.54, 1.807) is 25.1 Å². The largest absolute Gasteiger partial charge is 0.508 e. The maximum atomic E-state index is 14.0. The SMILES string of the molecule is CCc1cc(CN2CCC(F)(F)CC2)c(O)c2c1C[C@H]1C[C@H]3[C@H](N(C)C)C(=O)C(C(N)=O)=C(O)[C@@]3(O)C(=O)C1=C2O. The number of rotatable bonds is 5. The van der Waals surface area contributed by atoms with Crippen LogP contribution in [0.2, 0.25) is 0 Å².